The van der Waals surface area contributed by atoms with Crippen molar-refractivity contribution in [2.24, 2.45) is 5.92 Å². The molecule has 2 heterocycles. The molecule has 1 fully saturated rings. The van der Waals surface area contributed by atoms with E-state index in [0.29, 0.717) is 5.92 Å². The maximum atomic E-state index is 14.0. The summed E-state index contributed by atoms with van der Waals surface area (Å²) in [5.41, 5.74) is 0.731. The Morgan fingerprint density at radius 1 is 1.27 bits per heavy atom. The van der Waals surface area contributed by atoms with E-state index in [1.807, 2.05) is 0 Å². The van der Waals surface area contributed by atoms with Gasteiger partial charge in [0.15, 0.2) is 0 Å². The number of hydrogen-bond acceptors (Lipinski definition) is 5. The first-order chi connectivity index (χ1) is 10.7. The lowest BCUT2D eigenvalue weighted by molar-refractivity contribution is -0.0728. The van der Waals surface area contributed by atoms with Crippen LogP contribution in [0.25, 0.3) is 0 Å². The van der Waals surface area contributed by atoms with Crippen molar-refractivity contribution in [3.8, 4) is 0 Å². The summed E-state index contributed by atoms with van der Waals surface area (Å²) in [6, 6.07) is 4.60. The van der Waals surface area contributed by atoms with Crippen LogP contribution in [0, 0.1) is 11.7 Å². The van der Waals surface area contributed by atoms with E-state index in [2.05, 4.69) is 9.64 Å². The predicted molar refractivity (Wildman–Crippen MR) is 77.8 cm³/mol. The first-order valence-electron chi connectivity index (χ1n) is 7.28. The summed E-state index contributed by atoms with van der Waals surface area (Å²) in [4.78, 5) is 13.5. The molecule has 0 saturated carbocycles. The van der Waals surface area contributed by atoms with Gasteiger partial charge in [0.2, 0.25) is 6.29 Å². The minimum Gasteiger partial charge on any atom is -0.465 e. The Labute approximate surface area is 128 Å². The van der Waals surface area contributed by atoms with Crippen LogP contribution in [0.1, 0.15) is 23.2 Å². The highest BCUT2D eigenvalue weighted by molar-refractivity contribution is 5.90. The van der Waals surface area contributed by atoms with Crippen molar-refractivity contribution in [1.29, 1.82) is 0 Å². The number of nitrogens with zero attached hydrogens (tertiary/aromatic N) is 1. The lowest BCUT2D eigenvalue weighted by Crippen LogP contribution is -2.38. The Morgan fingerprint density at radius 3 is 2.55 bits per heavy atom. The predicted octanol–water partition coefficient (Wildman–Crippen LogP) is 2.67. The number of benzene rings is 1. The molecule has 22 heavy (non-hydrogen) atoms. The van der Waals surface area contributed by atoms with Crippen LogP contribution in [-0.4, -0.2) is 32.5 Å². The monoisotopic (exact) mass is 307 g/mol. The maximum Gasteiger partial charge on any atom is 0.340 e. The van der Waals surface area contributed by atoms with E-state index in [1.165, 1.54) is 19.2 Å². The lowest BCUT2D eigenvalue weighted by Gasteiger charge is -2.35. The zero-order chi connectivity index (χ0) is 15.5. The molecule has 0 bridgehead atoms. The van der Waals surface area contributed by atoms with Crippen LogP contribution in [0.4, 0.5) is 10.1 Å². The quantitative estimate of drug-likeness (QED) is 0.804. The summed E-state index contributed by atoms with van der Waals surface area (Å²) in [5.74, 6) is -0.880. The van der Waals surface area contributed by atoms with E-state index in [4.69, 9.17) is 9.47 Å². The van der Waals surface area contributed by atoms with Crippen LogP contribution in [0.3, 0.4) is 0 Å². The van der Waals surface area contributed by atoms with Gasteiger partial charge in [0.1, 0.15) is 18.3 Å². The van der Waals surface area contributed by atoms with Gasteiger partial charge in [-0.1, -0.05) is 0 Å². The molecular weight excluding hydrogens is 289 g/mol. The van der Waals surface area contributed by atoms with Crippen molar-refractivity contribution in [3.63, 3.8) is 0 Å². The van der Waals surface area contributed by atoms with Gasteiger partial charge in [-0.05, 0) is 31.0 Å². The molecule has 0 N–H and O–H groups in total. The van der Waals surface area contributed by atoms with E-state index < -0.39 is 11.8 Å². The normalized spacial score (nSPS) is 18.9. The number of hydrogen-bond donors (Lipinski definition) is 0. The SMILES string of the molecule is COC(=O)c1ccc(N2CCC(C3OC=CO3)CC2)cc1F. The number of ether oxygens (including phenoxy) is 3. The van der Waals surface area contributed by atoms with Gasteiger partial charge >= 0.3 is 5.97 Å². The van der Waals surface area contributed by atoms with E-state index in [9.17, 15) is 9.18 Å². The van der Waals surface area contributed by atoms with Crippen LogP contribution in [0.15, 0.2) is 30.7 Å². The molecule has 0 radical (unpaired) electrons. The van der Waals surface area contributed by atoms with Gasteiger partial charge in [0.05, 0.1) is 12.7 Å². The highest BCUT2D eigenvalue weighted by Crippen LogP contribution is 2.29. The molecule has 0 amide bonds. The third kappa shape index (κ3) is 2.86. The largest absolute Gasteiger partial charge is 0.465 e. The van der Waals surface area contributed by atoms with Crippen LogP contribution in [-0.2, 0) is 14.2 Å². The first kappa shape index (κ1) is 14.7. The number of carbonyl (C=O) groups is 1. The molecule has 5 nitrogen and oxygen atoms in total. The second-order valence-electron chi connectivity index (χ2n) is 5.39. The van der Waals surface area contributed by atoms with Gasteiger partial charge in [-0.3, -0.25) is 0 Å². The summed E-state index contributed by atoms with van der Waals surface area (Å²) in [6.07, 6.45) is 4.76. The molecule has 0 aromatic heterocycles. The molecule has 1 aromatic rings. The smallest absolute Gasteiger partial charge is 0.340 e. The number of anilines is 1. The first-order valence-corrected chi connectivity index (χ1v) is 7.28. The summed E-state index contributed by atoms with van der Waals surface area (Å²) < 4.78 is 29.3. The molecule has 0 aliphatic carbocycles. The number of rotatable bonds is 3. The van der Waals surface area contributed by atoms with E-state index in [-0.39, 0.29) is 11.9 Å². The molecule has 1 aromatic carbocycles. The standard InChI is InChI=1S/C16H18FNO4/c1-20-15(19)13-3-2-12(10-14(13)17)18-6-4-11(5-7-18)16-21-8-9-22-16/h2-3,8-11,16H,4-7H2,1H3. The average Bonchev–Trinajstić information content (AvgIpc) is 3.08. The van der Waals surface area contributed by atoms with Crippen LogP contribution in [0.5, 0.6) is 0 Å². The van der Waals surface area contributed by atoms with Crippen LogP contribution in [0.2, 0.25) is 0 Å². The maximum absolute atomic E-state index is 14.0. The van der Waals surface area contributed by atoms with Crippen molar-refractivity contribution in [2.45, 2.75) is 19.1 Å². The minimum atomic E-state index is -0.661. The van der Waals surface area contributed by atoms with Gasteiger partial charge in [-0.15, -0.1) is 0 Å². The van der Waals surface area contributed by atoms with Crippen molar-refractivity contribution in [1.82, 2.24) is 0 Å². The highest BCUT2D eigenvalue weighted by Gasteiger charge is 2.30. The average molecular weight is 307 g/mol. The van der Waals surface area contributed by atoms with Crippen molar-refractivity contribution >= 4 is 11.7 Å². The molecular formula is C16H18FNO4. The molecule has 0 atom stereocenters. The molecule has 6 heteroatoms. The van der Waals surface area contributed by atoms with Crippen LogP contribution < -0.4 is 4.90 Å². The molecule has 0 unspecified atom stereocenters. The van der Waals surface area contributed by atoms with Crippen LogP contribution >= 0.6 is 0 Å². The zero-order valence-corrected chi connectivity index (χ0v) is 12.3. The van der Waals surface area contributed by atoms with Gasteiger partial charge in [-0.2, -0.15) is 0 Å². The third-order valence-corrected chi connectivity index (χ3v) is 4.13. The Hall–Kier alpha value is -2.24. The number of esters is 1. The minimum absolute atomic E-state index is 0.0417. The number of methoxy groups -OCH3 is 1. The van der Waals surface area contributed by atoms with Gasteiger partial charge in [0.25, 0.3) is 0 Å². The lowest BCUT2D eigenvalue weighted by atomic mass is 9.95. The molecule has 2 aliphatic rings. The fourth-order valence-electron chi connectivity index (χ4n) is 2.88. The Morgan fingerprint density at radius 2 is 1.95 bits per heavy atom. The highest BCUT2D eigenvalue weighted by atomic mass is 19.1. The van der Waals surface area contributed by atoms with E-state index >= 15 is 0 Å². The fraction of sp³-hybridized carbons (Fsp3) is 0.438. The third-order valence-electron chi connectivity index (χ3n) is 4.13. The number of carbonyl (C=O) groups excluding carboxylic acids is 1. The summed E-state index contributed by atoms with van der Waals surface area (Å²) in [6.45, 7) is 1.59. The molecule has 1 saturated heterocycles. The van der Waals surface area contributed by atoms with Gasteiger partial charge in [-0.25, -0.2) is 9.18 Å². The second-order valence-corrected chi connectivity index (χ2v) is 5.39. The summed E-state index contributed by atoms with van der Waals surface area (Å²) >= 11 is 0. The van der Waals surface area contributed by atoms with Gasteiger partial charge in [0, 0.05) is 24.7 Å². The molecule has 3 rings (SSSR count). The number of piperidine rings is 1. The number of halogens is 1. The van der Waals surface area contributed by atoms with Gasteiger partial charge < -0.3 is 19.1 Å². The molecule has 118 valence electrons. The van der Waals surface area contributed by atoms with E-state index in [1.54, 1.807) is 18.6 Å². The van der Waals surface area contributed by atoms with Crippen molar-refractivity contribution in [3.05, 3.63) is 42.1 Å². The topological polar surface area (TPSA) is 48.0 Å². The Bertz CT molecular complexity index is 574. The molecule has 2 aliphatic heterocycles. The van der Waals surface area contributed by atoms with Crippen molar-refractivity contribution in [2.75, 3.05) is 25.1 Å². The molecule has 0 spiro atoms. The second kappa shape index (κ2) is 6.25. The Balaban J connectivity index is 1.63. The van der Waals surface area contributed by atoms with E-state index in [0.717, 1.165) is 31.6 Å². The summed E-state index contributed by atoms with van der Waals surface area (Å²) in [5, 5.41) is 0. The summed E-state index contributed by atoms with van der Waals surface area (Å²) in [7, 11) is 1.24. The zero-order valence-electron chi connectivity index (χ0n) is 12.3. The fourth-order valence-corrected chi connectivity index (χ4v) is 2.88. The van der Waals surface area contributed by atoms with Crippen molar-refractivity contribution < 1.29 is 23.4 Å². The Kier molecular flexibility index (Phi) is 4.18.